The molecule has 0 fully saturated rings. The van der Waals surface area contributed by atoms with E-state index in [9.17, 15) is 35.1 Å². The average Bonchev–Trinajstić information content (AvgIpc) is 2.58. The van der Waals surface area contributed by atoms with Gasteiger partial charge in [0.15, 0.2) is 5.66 Å². The second-order valence-corrected chi connectivity index (χ2v) is 5.81. The first kappa shape index (κ1) is 21.9. The lowest BCUT2D eigenvalue weighted by atomic mass is 10.0. The summed E-state index contributed by atoms with van der Waals surface area (Å²) < 4.78 is 4.84. The zero-order valence-corrected chi connectivity index (χ0v) is 14.5. The highest BCUT2D eigenvalue weighted by Crippen LogP contribution is 2.34. The molecule has 0 aliphatic heterocycles. The first-order valence-corrected chi connectivity index (χ1v) is 7.86. The van der Waals surface area contributed by atoms with Crippen molar-refractivity contribution < 1.29 is 24.3 Å². The van der Waals surface area contributed by atoms with Crippen molar-refractivity contribution in [2.45, 2.75) is 44.9 Å². The van der Waals surface area contributed by atoms with E-state index in [1.807, 2.05) is 6.92 Å². The number of carbonyl (C=O) groups excluding carboxylic acids is 1. The predicted molar refractivity (Wildman–Crippen MR) is 91.4 cm³/mol. The van der Waals surface area contributed by atoms with E-state index in [1.165, 1.54) is 0 Å². The lowest BCUT2D eigenvalue weighted by Gasteiger charge is -2.22. The third-order valence-electron chi connectivity index (χ3n) is 3.71. The van der Waals surface area contributed by atoms with Crippen LogP contribution < -0.4 is 11.5 Å². The summed E-state index contributed by atoms with van der Waals surface area (Å²) in [6, 6.07) is 1.10. The fraction of sp³-hybridized carbons (Fsp3) is 0.500. The molecule has 1 aromatic rings. The van der Waals surface area contributed by atoms with Gasteiger partial charge >= 0.3 is 5.97 Å². The minimum atomic E-state index is -1.86. The van der Waals surface area contributed by atoms with Crippen molar-refractivity contribution >= 4 is 23.0 Å². The second kappa shape index (κ2) is 8.95. The fourth-order valence-corrected chi connectivity index (χ4v) is 2.25. The molecule has 0 radical (unpaired) electrons. The summed E-state index contributed by atoms with van der Waals surface area (Å²) in [7, 11) is 0. The number of nitro groups is 3. The van der Waals surface area contributed by atoms with Crippen molar-refractivity contribution in [3.05, 3.63) is 48.0 Å². The highest BCUT2D eigenvalue weighted by atomic mass is 16.6. The predicted octanol–water partition coefficient (Wildman–Crippen LogP) is 1.65. The monoisotopic (exact) mass is 385 g/mol. The summed E-state index contributed by atoms with van der Waals surface area (Å²) in [6.45, 7) is 1.05. The molecule has 13 heteroatoms. The molecule has 0 saturated heterocycles. The Balaban J connectivity index is 3.15. The van der Waals surface area contributed by atoms with Crippen LogP contribution in [-0.4, -0.2) is 26.4 Å². The van der Waals surface area contributed by atoms with Gasteiger partial charge in [-0.3, -0.25) is 30.3 Å². The van der Waals surface area contributed by atoms with Crippen LogP contribution in [0.4, 0.5) is 17.1 Å². The summed E-state index contributed by atoms with van der Waals surface area (Å²) in [4.78, 5) is 42.1. The number of nitrogens with two attached hydrogens (primary N) is 2. The van der Waals surface area contributed by atoms with Gasteiger partial charge in [0.1, 0.15) is 12.2 Å². The summed E-state index contributed by atoms with van der Waals surface area (Å²) in [5.74, 6) is -1.10. The Morgan fingerprint density at radius 3 is 1.96 bits per heavy atom. The summed E-state index contributed by atoms with van der Waals surface area (Å²) in [5, 5.41) is 33.1. The number of carbonyl (C=O) groups is 1. The van der Waals surface area contributed by atoms with Crippen LogP contribution in [0.15, 0.2) is 12.1 Å². The molecule has 1 rings (SSSR count). The van der Waals surface area contributed by atoms with Crippen LogP contribution >= 0.6 is 0 Å². The van der Waals surface area contributed by atoms with E-state index >= 15 is 0 Å². The molecule has 0 bridgehead atoms. The number of unbranched alkanes of at least 4 members (excludes halogenated alkanes) is 2. The molecule has 0 atom stereocenters. The topological polar surface area (TPSA) is 208 Å². The highest BCUT2D eigenvalue weighted by molar-refractivity contribution is 5.79. The molecule has 0 heterocycles. The van der Waals surface area contributed by atoms with Crippen LogP contribution in [0.3, 0.4) is 0 Å². The molecule has 0 amide bonds. The number of hydrogen-bond donors (Lipinski definition) is 2. The minimum Gasteiger partial charge on any atom is -0.458 e. The van der Waals surface area contributed by atoms with Crippen molar-refractivity contribution in [2.24, 2.45) is 11.5 Å². The number of esters is 1. The lowest BCUT2D eigenvalue weighted by molar-refractivity contribution is -0.404. The molecular formula is C14H19N5O8. The molecular weight excluding hydrogens is 366 g/mol. The molecule has 0 aliphatic rings. The van der Waals surface area contributed by atoms with E-state index in [-0.39, 0.29) is 6.42 Å². The van der Waals surface area contributed by atoms with Gasteiger partial charge in [0.05, 0.1) is 26.9 Å². The Kier molecular flexibility index (Phi) is 7.25. The Morgan fingerprint density at radius 2 is 1.56 bits per heavy atom. The van der Waals surface area contributed by atoms with Gasteiger partial charge < -0.3 is 16.2 Å². The third-order valence-corrected chi connectivity index (χ3v) is 3.71. The number of hydrogen-bond acceptors (Lipinski definition) is 10. The SMILES string of the molecule is CCCCCC(N)(N)C(=O)OCc1c([N+](=O)[O-])cc([N+](=O)[O-])cc1[N+](=O)[O-]. The van der Waals surface area contributed by atoms with Crippen LogP contribution in [0.25, 0.3) is 0 Å². The van der Waals surface area contributed by atoms with E-state index in [0.29, 0.717) is 18.6 Å². The van der Waals surface area contributed by atoms with Crippen LogP contribution in [0.1, 0.15) is 38.2 Å². The van der Waals surface area contributed by atoms with Crippen LogP contribution in [0.2, 0.25) is 0 Å². The van der Waals surface area contributed by atoms with Crippen molar-refractivity contribution in [1.29, 1.82) is 0 Å². The van der Waals surface area contributed by atoms with E-state index in [2.05, 4.69) is 0 Å². The van der Waals surface area contributed by atoms with E-state index in [0.717, 1.165) is 12.8 Å². The molecule has 27 heavy (non-hydrogen) atoms. The second-order valence-electron chi connectivity index (χ2n) is 5.81. The summed E-state index contributed by atoms with van der Waals surface area (Å²) in [5.41, 5.74) is 6.20. The molecule has 0 unspecified atom stereocenters. The molecule has 1 aromatic carbocycles. The van der Waals surface area contributed by atoms with E-state index in [1.54, 1.807) is 0 Å². The average molecular weight is 385 g/mol. The standard InChI is InChI=1S/C14H19N5O8/c1-2-3-4-5-14(15,16)13(20)27-8-10-11(18(23)24)6-9(17(21)22)7-12(10)19(25)26/h6-7H,2-5,8,15-16H2,1H3. The van der Waals surface area contributed by atoms with Gasteiger partial charge in [0.25, 0.3) is 17.1 Å². The van der Waals surface area contributed by atoms with Gasteiger partial charge in [-0.1, -0.05) is 19.8 Å². The van der Waals surface area contributed by atoms with Crippen LogP contribution in [0, 0.1) is 30.3 Å². The number of ether oxygens (including phenoxy) is 1. The van der Waals surface area contributed by atoms with Crippen LogP contribution in [-0.2, 0) is 16.1 Å². The molecule has 13 nitrogen and oxygen atoms in total. The number of nitro benzene ring substituents is 3. The summed E-state index contributed by atoms with van der Waals surface area (Å²) >= 11 is 0. The molecule has 0 aromatic heterocycles. The van der Waals surface area contributed by atoms with Crippen molar-refractivity contribution in [3.8, 4) is 0 Å². The largest absolute Gasteiger partial charge is 0.458 e. The Labute approximate surface area is 152 Å². The van der Waals surface area contributed by atoms with Crippen molar-refractivity contribution in [1.82, 2.24) is 0 Å². The summed E-state index contributed by atoms with van der Waals surface area (Å²) in [6.07, 6.45) is 2.25. The first-order valence-electron chi connectivity index (χ1n) is 7.86. The molecule has 4 N–H and O–H groups in total. The maximum absolute atomic E-state index is 12.0. The lowest BCUT2D eigenvalue weighted by Crippen LogP contribution is -2.57. The molecule has 0 saturated carbocycles. The Hall–Kier alpha value is -3.19. The van der Waals surface area contributed by atoms with Gasteiger partial charge in [-0.25, -0.2) is 4.79 Å². The van der Waals surface area contributed by atoms with Gasteiger partial charge in [-0.15, -0.1) is 0 Å². The zero-order valence-electron chi connectivity index (χ0n) is 14.5. The van der Waals surface area contributed by atoms with Crippen molar-refractivity contribution in [3.63, 3.8) is 0 Å². The highest BCUT2D eigenvalue weighted by Gasteiger charge is 2.34. The number of benzene rings is 1. The van der Waals surface area contributed by atoms with Crippen molar-refractivity contribution in [2.75, 3.05) is 0 Å². The first-order chi connectivity index (χ1) is 12.5. The minimum absolute atomic E-state index is 0.0874. The molecule has 0 spiro atoms. The van der Waals surface area contributed by atoms with E-state index < -0.39 is 55.6 Å². The number of non-ortho nitro benzene ring substituents is 1. The Morgan fingerprint density at radius 1 is 1.04 bits per heavy atom. The molecule has 148 valence electrons. The quantitative estimate of drug-likeness (QED) is 0.195. The van der Waals surface area contributed by atoms with Gasteiger partial charge in [-0.2, -0.15) is 0 Å². The van der Waals surface area contributed by atoms with Crippen LogP contribution in [0.5, 0.6) is 0 Å². The van der Waals surface area contributed by atoms with E-state index in [4.69, 9.17) is 16.2 Å². The van der Waals surface area contributed by atoms with Gasteiger partial charge in [0, 0.05) is 0 Å². The number of nitrogens with zero attached hydrogens (tertiary/aromatic N) is 3. The number of rotatable bonds is 10. The smallest absolute Gasteiger partial charge is 0.341 e. The van der Waals surface area contributed by atoms with Gasteiger partial charge in [0.2, 0.25) is 0 Å². The van der Waals surface area contributed by atoms with Gasteiger partial charge in [-0.05, 0) is 12.8 Å². The maximum atomic E-state index is 12.0. The molecule has 0 aliphatic carbocycles. The zero-order chi connectivity index (χ0) is 20.8. The maximum Gasteiger partial charge on any atom is 0.341 e. The fourth-order valence-electron chi connectivity index (χ4n) is 2.25. The third kappa shape index (κ3) is 5.65. The normalized spacial score (nSPS) is 11.1. The Bertz CT molecular complexity index is 729.